The summed E-state index contributed by atoms with van der Waals surface area (Å²) in [5.74, 6) is -0.408. The largest absolute Gasteiger partial charge is 0.387 e. The Balaban J connectivity index is 1.63. The zero-order valence-electron chi connectivity index (χ0n) is 13.3. The van der Waals surface area contributed by atoms with Gasteiger partial charge in [0.1, 0.15) is 11.9 Å². The highest BCUT2D eigenvalue weighted by atomic mass is 35.5. The predicted octanol–water partition coefficient (Wildman–Crippen LogP) is 2.35. The molecule has 2 fully saturated rings. The SMILES string of the molecule is C[C@@]1(O)CCOC2(CCN(Cc3ccc(F)c(Cl)c3)CC2)[C@H]1O. The van der Waals surface area contributed by atoms with Gasteiger partial charge in [0.15, 0.2) is 0 Å². The number of likely N-dealkylation sites (tertiary alicyclic amines) is 1. The second kappa shape index (κ2) is 6.30. The first-order valence-corrected chi connectivity index (χ1v) is 8.41. The molecule has 2 N–H and O–H groups in total. The summed E-state index contributed by atoms with van der Waals surface area (Å²) >= 11 is 5.82. The minimum atomic E-state index is -1.09. The van der Waals surface area contributed by atoms with Crippen LogP contribution in [0.15, 0.2) is 18.2 Å². The van der Waals surface area contributed by atoms with Crippen molar-refractivity contribution >= 4 is 11.6 Å². The Bertz CT molecular complexity index is 573. The van der Waals surface area contributed by atoms with Gasteiger partial charge in [-0.15, -0.1) is 0 Å². The van der Waals surface area contributed by atoms with Crippen LogP contribution < -0.4 is 0 Å². The van der Waals surface area contributed by atoms with E-state index in [0.29, 0.717) is 32.4 Å². The van der Waals surface area contributed by atoms with Crippen molar-refractivity contribution in [1.29, 1.82) is 0 Å². The van der Waals surface area contributed by atoms with Gasteiger partial charge in [-0.2, -0.15) is 0 Å². The quantitative estimate of drug-likeness (QED) is 0.865. The molecule has 0 aromatic heterocycles. The van der Waals surface area contributed by atoms with E-state index in [1.165, 1.54) is 6.07 Å². The van der Waals surface area contributed by atoms with Gasteiger partial charge in [0.25, 0.3) is 0 Å². The van der Waals surface area contributed by atoms with Gasteiger partial charge in [0.2, 0.25) is 0 Å². The highest BCUT2D eigenvalue weighted by Gasteiger charge is 2.52. The average molecular weight is 344 g/mol. The van der Waals surface area contributed by atoms with Gasteiger partial charge < -0.3 is 14.9 Å². The maximum absolute atomic E-state index is 13.2. The summed E-state index contributed by atoms with van der Waals surface area (Å²) in [6.45, 7) is 4.33. The highest BCUT2D eigenvalue weighted by Crippen LogP contribution is 2.40. The molecule has 2 aliphatic heterocycles. The highest BCUT2D eigenvalue weighted by molar-refractivity contribution is 6.30. The fourth-order valence-corrected chi connectivity index (χ4v) is 3.85. The molecule has 0 aliphatic carbocycles. The van der Waals surface area contributed by atoms with Crippen molar-refractivity contribution in [1.82, 2.24) is 4.90 Å². The zero-order chi connectivity index (χ0) is 16.7. The Labute approximate surface area is 140 Å². The summed E-state index contributed by atoms with van der Waals surface area (Å²) in [7, 11) is 0. The average Bonchev–Trinajstić information content (AvgIpc) is 2.51. The second-order valence-corrected chi connectivity index (χ2v) is 7.35. The van der Waals surface area contributed by atoms with Gasteiger partial charge in [0, 0.05) is 26.1 Å². The van der Waals surface area contributed by atoms with E-state index in [1.807, 2.05) is 0 Å². The normalized spacial score (nSPS) is 31.4. The summed E-state index contributed by atoms with van der Waals surface area (Å²) in [5.41, 5.74) is -0.784. The molecule has 2 aliphatic rings. The van der Waals surface area contributed by atoms with E-state index in [9.17, 15) is 14.6 Å². The summed E-state index contributed by atoms with van der Waals surface area (Å²) in [4.78, 5) is 2.23. The summed E-state index contributed by atoms with van der Waals surface area (Å²) in [6.07, 6.45) is 0.915. The van der Waals surface area contributed by atoms with Crippen LogP contribution in [0.1, 0.15) is 31.7 Å². The van der Waals surface area contributed by atoms with Gasteiger partial charge >= 0.3 is 0 Å². The Morgan fingerprint density at radius 1 is 1.35 bits per heavy atom. The van der Waals surface area contributed by atoms with Gasteiger partial charge in [-0.05, 0) is 37.5 Å². The minimum Gasteiger partial charge on any atom is -0.387 e. The summed E-state index contributed by atoms with van der Waals surface area (Å²) in [5, 5.41) is 21.0. The molecule has 1 aromatic carbocycles. The number of aliphatic hydroxyl groups excluding tert-OH is 1. The lowest BCUT2D eigenvalue weighted by atomic mass is 9.75. The van der Waals surface area contributed by atoms with Crippen LogP contribution in [0.3, 0.4) is 0 Å². The number of halogens is 2. The molecule has 0 unspecified atom stereocenters. The van der Waals surface area contributed by atoms with E-state index >= 15 is 0 Å². The third kappa shape index (κ3) is 3.39. The molecule has 2 saturated heterocycles. The molecule has 3 rings (SSSR count). The van der Waals surface area contributed by atoms with Crippen LogP contribution in [0.4, 0.5) is 4.39 Å². The number of aliphatic hydroxyl groups is 2. The van der Waals surface area contributed by atoms with Crippen LogP contribution in [0.2, 0.25) is 5.02 Å². The minimum absolute atomic E-state index is 0.137. The van der Waals surface area contributed by atoms with Crippen molar-refractivity contribution in [3.8, 4) is 0 Å². The van der Waals surface area contributed by atoms with Crippen LogP contribution in [-0.4, -0.2) is 52.1 Å². The number of rotatable bonds is 2. The molecule has 4 nitrogen and oxygen atoms in total. The van der Waals surface area contributed by atoms with E-state index in [-0.39, 0.29) is 5.02 Å². The van der Waals surface area contributed by atoms with E-state index < -0.39 is 23.1 Å². The number of nitrogens with zero attached hydrogens (tertiary/aromatic N) is 1. The lowest BCUT2D eigenvalue weighted by Crippen LogP contribution is -2.64. The summed E-state index contributed by atoms with van der Waals surface area (Å²) < 4.78 is 19.1. The second-order valence-electron chi connectivity index (χ2n) is 6.95. The fraction of sp³-hybridized carbons (Fsp3) is 0.647. The zero-order valence-corrected chi connectivity index (χ0v) is 14.0. The Morgan fingerprint density at radius 3 is 2.70 bits per heavy atom. The molecule has 128 valence electrons. The molecule has 0 amide bonds. The maximum Gasteiger partial charge on any atom is 0.141 e. The van der Waals surface area contributed by atoms with Crippen molar-refractivity contribution in [2.24, 2.45) is 0 Å². The third-order valence-electron chi connectivity index (χ3n) is 5.18. The number of piperidine rings is 1. The lowest BCUT2D eigenvalue weighted by molar-refractivity contribution is -0.246. The topological polar surface area (TPSA) is 52.9 Å². The first-order chi connectivity index (χ1) is 10.8. The van der Waals surface area contributed by atoms with E-state index in [4.69, 9.17) is 16.3 Å². The molecule has 1 aromatic rings. The molecule has 1 spiro atoms. The standard InChI is InChI=1S/C17H23ClFNO3/c1-16(22)6-9-23-17(15(16)21)4-7-20(8-5-17)11-12-2-3-14(19)13(18)10-12/h2-3,10,15,21-22H,4-9,11H2,1H3/t15-,16+/m0/s1. The summed E-state index contributed by atoms with van der Waals surface area (Å²) in [6, 6.07) is 4.77. The molecule has 0 saturated carbocycles. The Morgan fingerprint density at radius 2 is 2.04 bits per heavy atom. The van der Waals surface area contributed by atoms with E-state index in [2.05, 4.69) is 4.90 Å². The Kier molecular flexibility index (Phi) is 4.69. The number of benzene rings is 1. The molecule has 0 radical (unpaired) electrons. The molecular formula is C17H23ClFNO3. The van der Waals surface area contributed by atoms with Crippen LogP contribution >= 0.6 is 11.6 Å². The van der Waals surface area contributed by atoms with Crippen molar-refractivity contribution in [2.75, 3.05) is 19.7 Å². The molecular weight excluding hydrogens is 321 g/mol. The molecule has 2 atom stereocenters. The smallest absolute Gasteiger partial charge is 0.141 e. The van der Waals surface area contributed by atoms with Crippen LogP contribution in [-0.2, 0) is 11.3 Å². The van der Waals surface area contributed by atoms with Crippen molar-refractivity contribution in [3.05, 3.63) is 34.6 Å². The molecule has 2 heterocycles. The first-order valence-electron chi connectivity index (χ1n) is 8.03. The first kappa shape index (κ1) is 17.1. The van der Waals surface area contributed by atoms with Crippen LogP contribution in [0.25, 0.3) is 0 Å². The Hall–Kier alpha value is -0.720. The van der Waals surface area contributed by atoms with Crippen molar-refractivity contribution < 1.29 is 19.3 Å². The third-order valence-corrected chi connectivity index (χ3v) is 5.47. The van der Waals surface area contributed by atoms with Gasteiger partial charge in [-0.1, -0.05) is 17.7 Å². The fourth-order valence-electron chi connectivity index (χ4n) is 3.65. The van der Waals surface area contributed by atoms with Crippen LogP contribution in [0, 0.1) is 5.82 Å². The van der Waals surface area contributed by atoms with Crippen molar-refractivity contribution in [3.63, 3.8) is 0 Å². The molecule has 23 heavy (non-hydrogen) atoms. The molecule has 0 bridgehead atoms. The van der Waals surface area contributed by atoms with Gasteiger partial charge in [0.05, 0.1) is 22.8 Å². The van der Waals surface area contributed by atoms with E-state index in [0.717, 1.165) is 18.7 Å². The van der Waals surface area contributed by atoms with E-state index in [1.54, 1.807) is 19.1 Å². The number of hydrogen-bond acceptors (Lipinski definition) is 4. The lowest BCUT2D eigenvalue weighted by Gasteiger charge is -2.51. The predicted molar refractivity (Wildman–Crippen MR) is 85.9 cm³/mol. The number of hydrogen-bond donors (Lipinski definition) is 2. The van der Waals surface area contributed by atoms with Gasteiger partial charge in [-0.25, -0.2) is 4.39 Å². The van der Waals surface area contributed by atoms with Crippen molar-refractivity contribution in [2.45, 2.75) is 50.0 Å². The molecule has 6 heteroatoms. The maximum atomic E-state index is 13.2. The monoisotopic (exact) mass is 343 g/mol. The van der Waals surface area contributed by atoms with Crippen LogP contribution in [0.5, 0.6) is 0 Å². The number of ether oxygens (including phenoxy) is 1. The van der Waals surface area contributed by atoms with Gasteiger partial charge in [-0.3, -0.25) is 4.90 Å².